The Morgan fingerprint density at radius 2 is 1.67 bits per heavy atom. The molecule has 3 amide bonds. The molecule has 39 heavy (non-hydrogen) atoms. The molecule has 208 valence electrons. The highest BCUT2D eigenvalue weighted by molar-refractivity contribution is 6.18. The van der Waals surface area contributed by atoms with E-state index in [4.69, 9.17) is 5.73 Å². The van der Waals surface area contributed by atoms with E-state index in [9.17, 15) is 19.2 Å². The third kappa shape index (κ3) is 7.00. The van der Waals surface area contributed by atoms with Gasteiger partial charge in [-0.1, -0.05) is 87.0 Å². The van der Waals surface area contributed by atoms with Gasteiger partial charge in [-0.3, -0.25) is 19.2 Å². The first kappa shape index (κ1) is 29.8. The minimum absolute atomic E-state index is 0.0802. The molecule has 1 saturated heterocycles. The van der Waals surface area contributed by atoms with Crippen LogP contribution in [0.1, 0.15) is 51.2 Å². The number of rotatable bonds is 12. The summed E-state index contributed by atoms with van der Waals surface area (Å²) >= 11 is 0. The summed E-state index contributed by atoms with van der Waals surface area (Å²) in [6, 6.07) is 16.8. The summed E-state index contributed by atoms with van der Waals surface area (Å²) in [7, 11) is 0. The maximum atomic E-state index is 14.2. The van der Waals surface area contributed by atoms with E-state index in [0.29, 0.717) is 19.4 Å². The molecule has 0 spiro atoms. The average Bonchev–Trinajstić information content (AvgIpc) is 3.42. The van der Waals surface area contributed by atoms with Gasteiger partial charge in [-0.05, 0) is 42.9 Å². The first-order valence-corrected chi connectivity index (χ1v) is 13.7. The van der Waals surface area contributed by atoms with Crippen molar-refractivity contribution < 1.29 is 19.2 Å². The summed E-state index contributed by atoms with van der Waals surface area (Å²) < 4.78 is 0. The third-order valence-corrected chi connectivity index (χ3v) is 7.45. The Bertz CT molecular complexity index is 1170. The Labute approximate surface area is 231 Å². The number of amides is 3. The van der Waals surface area contributed by atoms with Gasteiger partial charge in [0.2, 0.25) is 11.8 Å². The monoisotopic (exact) mass is 532 g/mol. The molecule has 4 atom stereocenters. The Balaban J connectivity index is 1.98. The number of hydrogen-bond acceptors (Lipinski definition) is 5. The predicted molar refractivity (Wildman–Crippen MR) is 152 cm³/mol. The maximum absolute atomic E-state index is 14.2. The largest absolute Gasteiger partial charge is 0.354 e. The zero-order valence-corrected chi connectivity index (χ0v) is 23.1. The van der Waals surface area contributed by atoms with E-state index in [1.807, 2.05) is 74.5 Å². The zero-order chi connectivity index (χ0) is 28.4. The molecule has 1 heterocycles. The van der Waals surface area contributed by atoms with Crippen LogP contribution in [-0.4, -0.2) is 59.1 Å². The first-order chi connectivity index (χ1) is 18.7. The summed E-state index contributed by atoms with van der Waals surface area (Å²) in [6.07, 6.45) is 4.61. The zero-order valence-electron chi connectivity index (χ0n) is 23.1. The van der Waals surface area contributed by atoms with E-state index in [1.54, 1.807) is 13.0 Å². The molecule has 2 aromatic rings. The van der Waals surface area contributed by atoms with Crippen LogP contribution in [0.15, 0.2) is 66.7 Å². The van der Waals surface area contributed by atoms with Crippen molar-refractivity contribution in [2.75, 3.05) is 13.1 Å². The van der Waals surface area contributed by atoms with Crippen LogP contribution in [0.25, 0.3) is 6.08 Å². The second kappa shape index (κ2) is 13.8. The van der Waals surface area contributed by atoms with Gasteiger partial charge < -0.3 is 21.3 Å². The quantitative estimate of drug-likeness (QED) is 0.287. The van der Waals surface area contributed by atoms with Crippen molar-refractivity contribution >= 4 is 29.6 Å². The highest BCUT2D eigenvalue weighted by atomic mass is 16.2. The molecule has 0 aromatic heterocycles. The van der Waals surface area contributed by atoms with Crippen LogP contribution in [0, 0.1) is 5.92 Å². The number of nitrogens with one attached hydrogen (secondary N) is 2. The molecule has 8 heteroatoms. The molecule has 2 aromatic carbocycles. The van der Waals surface area contributed by atoms with Gasteiger partial charge in [-0.25, -0.2) is 0 Å². The highest BCUT2D eigenvalue weighted by Gasteiger charge is 2.55. The lowest BCUT2D eigenvalue weighted by molar-refractivity contribution is -0.152. The van der Waals surface area contributed by atoms with E-state index in [1.165, 1.54) is 11.0 Å². The average molecular weight is 533 g/mol. The SMILES string of the molecule is CCNC(=O)[C@]1(C(=O)C=Cc2ccccc2)CCCN1C(=O)[C@H](Cc1ccccc1)NC(=O)[C@@H](N)[C@@H](C)CC. The Kier molecular flexibility index (Phi) is 10.6. The number of likely N-dealkylation sites (N-methyl/N-ethyl adjacent to an activating group) is 1. The fraction of sp³-hybridized carbons (Fsp3) is 0.419. The normalized spacial score (nSPS) is 19.3. The number of benzene rings is 2. The van der Waals surface area contributed by atoms with Gasteiger partial charge in [0.05, 0.1) is 6.04 Å². The third-order valence-electron chi connectivity index (χ3n) is 7.45. The summed E-state index contributed by atoms with van der Waals surface area (Å²) in [5, 5.41) is 5.61. The molecule has 1 aliphatic heterocycles. The van der Waals surface area contributed by atoms with Crippen LogP contribution in [0.4, 0.5) is 0 Å². The molecule has 8 nitrogen and oxygen atoms in total. The van der Waals surface area contributed by atoms with Gasteiger partial charge in [-0.2, -0.15) is 0 Å². The summed E-state index contributed by atoms with van der Waals surface area (Å²) in [5.41, 5.74) is 6.13. The number of hydrogen-bond donors (Lipinski definition) is 3. The fourth-order valence-electron chi connectivity index (χ4n) is 4.92. The number of ketones is 1. The predicted octanol–water partition coefficient (Wildman–Crippen LogP) is 2.87. The number of likely N-dealkylation sites (tertiary alicyclic amines) is 1. The van der Waals surface area contributed by atoms with Crippen molar-refractivity contribution in [3.8, 4) is 0 Å². The van der Waals surface area contributed by atoms with Crippen molar-refractivity contribution in [2.24, 2.45) is 11.7 Å². The van der Waals surface area contributed by atoms with Gasteiger partial charge in [-0.15, -0.1) is 0 Å². The Morgan fingerprint density at radius 1 is 1.03 bits per heavy atom. The van der Waals surface area contributed by atoms with Crippen molar-refractivity contribution in [1.82, 2.24) is 15.5 Å². The van der Waals surface area contributed by atoms with Crippen LogP contribution in [0.2, 0.25) is 0 Å². The van der Waals surface area contributed by atoms with Gasteiger partial charge in [0.1, 0.15) is 6.04 Å². The second-order valence-corrected chi connectivity index (χ2v) is 10.1. The number of carbonyl (C=O) groups excluding carboxylic acids is 4. The van der Waals surface area contributed by atoms with E-state index < -0.39 is 41.1 Å². The lowest BCUT2D eigenvalue weighted by Gasteiger charge is -2.37. The molecule has 1 fully saturated rings. The summed E-state index contributed by atoms with van der Waals surface area (Å²) in [6.45, 7) is 6.14. The van der Waals surface area contributed by atoms with Crippen LogP contribution >= 0.6 is 0 Å². The van der Waals surface area contributed by atoms with E-state index in [-0.39, 0.29) is 25.3 Å². The maximum Gasteiger partial charge on any atom is 0.254 e. The lowest BCUT2D eigenvalue weighted by Crippen LogP contribution is -2.65. The molecule has 0 radical (unpaired) electrons. The number of nitrogens with two attached hydrogens (primary N) is 1. The molecule has 3 rings (SSSR count). The van der Waals surface area contributed by atoms with Gasteiger partial charge in [0, 0.05) is 19.5 Å². The molecule has 1 aliphatic rings. The van der Waals surface area contributed by atoms with Crippen LogP contribution < -0.4 is 16.4 Å². The number of carbonyl (C=O) groups is 4. The molecular formula is C31H40N4O4. The van der Waals surface area contributed by atoms with E-state index in [2.05, 4.69) is 10.6 Å². The van der Waals surface area contributed by atoms with Crippen molar-refractivity contribution in [1.29, 1.82) is 0 Å². The minimum Gasteiger partial charge on any atom is -0.354 e. The van der Waals surface area contributed by atoms with Crippen molar-refractivity contribution in [2.45, 2.75) is 64.1 Å². The fourth-order valence-corrected chi connectivity index (χ4v) is 4.92. The van der Waals surface area contributed by atoms with Gasteiger partial charge in [0.25, 0.3) is 5.91 Å². The van der Waals surface area contributed by atoms with E-state index >= 15 is 0 Å². The molecule has 0 bridgehead atoms. The molecule has 0 aliphatic carbocycles. The smallest absolute Gasteiger partial charge is 0.254 e. The standard InChI is InChI=1S/C31H40N4O4/c1-4-22(3)27(32)28(37)34-25(21-24-15-10-7-11-16-24)29(38)35-20-12-19-31(35,30(39)33-5-2)26(36)18-17-23-13-8-6-9-14-23/h6-11,13-18,22,25,27H,4-5,12,19-21,32H2,1-3H3,(H,33,39)(H,34,37)/t22-,25-,27-,31+/m0/s1. The number of nitrogens with zero attached hydrogens (tertiary/aromatic N) is 1. The second-order valence-electron chi connectivity index (χ2n) is 10.1. The molecular weight excluding hydrogens is 492 g/mol. The molecule has 0 unspecified atom stereocenters. The van der Waals surface area contributed by atoms with E-state index in [0.717, 1.165) is 11.1 Å². The highest BCUT2D eigenvalue weighted by Crippen LogP contribution is 2.33. The van der Waals surface area contributed by atoms with Crippen LogP contribution in [0.5, 0.6) is 0 Å². The Hall–Kier alpha value is -3.78. The van der Waals surface area contributed by atoms with Crippen LogP contribution in [-0.2, 0) is 25.6 Å². The van der Waals surface area contributed by atoms with Gasteiger partial charge in [0.15, 0.2) is 11.3 Å². The lowest BCUT2D eigenvalue weighted by atomic mass is 9.87. The molecule has 0 saturated carbocycles. The first-order valence-electron chi connectivity index (χ1n) is 13.7. The molecule has 4 N–H and O–H groups in total. The Morgan fingerprint density at radius 3 is 2.28 bits per heavy atom. The van der Waals surface area contributed by atoms with Crippen LogP contribution in [0.3, 0.4) is 0 Å². The van der Waals surface area contributed by atoms with Gasteiger partial charge >= 0.3 is 0 Å². The minimum atomic E-state index is -1.70. The summed E-state index contributed by atoms with van der Waals surface area (Å²) in [5.74, 6) is -1.97. The van der Waals surface area contributed by atoms with Crippen molar-refractivity contribution in [3.63, 3.8) is 0 Å². The topological polar surface area (TPSA) is 122 Å². The van der Waals surface area contributed by atoms with Crippen molar-refractivity contribution in [3.05, 3.63) is 77.9 Å². The summed E-state index contributed by atoms with van der Waals surface area (Å²) in [4.78, 5) is 55.9.